The van der Waals surface area contributed by atoms with Crippen LogP contribution in [0.15, 0.2) is 97.3 Å². The van der Waals surface area contributed by atoms with Gasteiger partial charge in [0, 0.05) is 43.5 Å². The summed E-state index contributed by atoms with van der Waals surface area (Å²) >= 11 is 1.83. The second kappa shape index (κ2) is 6.70. The van der Waals surface area contributed by atoms with E-state index in [0.717, 1.165) is 27.9 Å². The van der Waals surface area contributed by atoms with Gasteiger partial charge in [0.2, 0.25) is 0 Å². The fourth-order valence-corrected chi connectivity index (χ4v) is 5.79. The highest BCUT2D eigenvalue weighted by Gasteiger charge is 2.19. The molecule has 4 aromatic heterocycles. The SMILES string of the molecule is c1ccc(-c2nccc(-n3c4cccnc4c4c5sc6ccccc6c5ccc43)n2)cc1. The lowest BCUT2D eigenvalue weighted by molar-refractivity contribution is 1.04. The molecule has 4 nitrogen and oxygen atoms in total. The second-order valence-electron chi connectivity index (χ2n) is 7.75. The third-order valence-corrected chi connectivity index (χ3v) is 7.14. The maximum atomic E-state index is 4.94. The molecule has 7 rings (SSSR count). The van der Waals surface area contributed by atoms with E-state index in [4.69, 9.17) is 9.97 Å². The van der Waals surface area contributed by atoms with Gasteiger partial charge < -0.3 is 0 Å². The number of aromatic nitrogens is 4. The Hall–Kier alpha value is -4.09. The van der Waals surface area contributed by atoms with E-state index in [1.807, 2.05) is 66.2 Å². The Labute approximate surface area is 187 Å². The number of rotatable bonds is 2. The number of pyridine rings is 1. The van der Waals surface area contributed by atoms with Gasteiger partial charge in [-0.05, 0) is 30.3 Å². The van der Waals surface area contributed by atoms with Crippen LogP contribution in [0.25, 0.3) is 59.3 Å². The van der Waals surface area contributed by atoms with Crippen molar-refractivity contribution >= 4 is 53.4 Å². The van der Waals surface area contributed by atoms with Gasteiger partial charge in [0.05, 0.1) is 16.6 Å². The summed E-state index contributed by atoms with van der Waals surface area (Å²) in [6.07, 6.45) is 3.70. The smallest absolute Gasteiger partial charge is 0.161 e. The van der Waals surface area contributed by atoms with Crippen LogP contribution in [0.2, 0.25) is 0 Å². The minimum Gasteiger partial charge on any atom is -0.292 e. The van der Waals surface area contributed by atoms with Gasteiger partial charge in [0.15, 0.2) is 5.82 Å². The fourth-order valence-electron chi connectivity index (χ4n) is 4.54. The molecule has 0 unspecified atom stereocenters. The van der Waals surface area contributed by atoms with Gasteiger partial charge in [0.25, 0.3) is 0 Å². The quantitative estimate of drug-likeness (QED) is 0.298. The van der Waals surface area contributed by atoms with E-state index < -0.39 is 0 Å². The Kier molecular flexibility index (Phi) is 3.68. The zero-order valence-electron chi connectivity index (χ0n) is 16.9. The maximum absolute atomic E-state index is 4.94. The molecule has 0 aliphatic rings. The van der Waals surface area contributed by atoms with Crippen molar-refractivity contribution in [1.82, 2.24) is 19.5 Å². The highest BCUT2D eigenvalue weighted by atomic mass is 32.1. The van der Waals surface area contributed by atoms with E-state index in [-0.39, 0.29) is 0 Å². The summed E-state index contributed by atoms with van der Waals surface area (Å²) < 4.78 is 4.76. The molecule has 7 aromatic rings. The fraction of sp³-hybridized carbons (Fsp3) is 0. The van der Waals surface area contributed by atoms with Gasteiger partial charge in [-0.25, -0.2) is 9.97 Å². The Morgan fingerprint density at radius 3 is 2.47 bits per heavy atom. The first-order valence-corrected chi connectivity index (χ1v) is 11.3. The molecular weight excluding hydrogens is 412 g/mol. The van der Waals surface area contributed by atoms with Crippen LogP contribution in [0.1, 0.15) is 0 Å². The number of nitrogens with zero attached hydrogens (tertiary/aromatic N) is 4. The molecule has 0 spiro atoms. The molecule has 0 radical (unpaired) electrons. The summed E-state index contributed by atoms with van der Waals surface area (Å²) in [5.74, 6) is 1.55. The van der Waals surface area contributed by atoms with Gasteiger partial charge in [-0.3, -0.25) is 9.55 Å². The summed E-state index contributed by atoms with van der Waals surface area (Å²) in [4.78, 5) is 14.3. The van der Waals surface area contributed by atoms with Crippen LogP contribution < -0.4 is 0 Å². The first-order chi connectivity index (χ1) is 15.9. The molecule has 0 fully saturated rings. The standard InChI is InChI=1S/C27H16N4S/c1-2-7-17(8-3-1)27-29-16-14-23(30-27)31-20-13-12-19-18-9-4-5-11-22(18)32-26(19)24(20)25-21(31)10-6-15-28-25/h1-16H. The second-order valence-corrected chi connectivity index (χ2v) is 8.80. The molecular formula is C27H16N4S. The third-order valence-electron chi connectivity index (χ3n) is 5.93. The maximum Gasteiger partial charge on any atom is 0.161 e. The molecule has 5 heteroatoms. The van der Waals surface area contributed by atoms with Gasteiger partial charge >= 0.3 is 0 Å². The highest BCUT2D eigenvalue weighted by Crippen LogP contribution is 2.42. The van der Waals surface area contributed by atoms with Crippen molar-refractivity contribution in [2.24, 2.45) is 0 Å². The number of hydrogen-bond donors (Lipinski definition) is 0. The zero-order valence-corrected chi connectivity index (χ0v) is 17.8. The average molecular weight is 429 g/mol. The molecule has 0 bridgehead atoms. The molecule has 3 aromatic carbocycles. The largest absolute Gasteiger partial charge is 0.292 e. The number of fused-ring (bicyclic) bond motifs is 7. The lowest BCUT2D eigenvalue weighted by Gasteiger charge is -2.08. The normalized spacial score (nSPS) is 11.8. The number of hydrogen-bond acceptors (Lipinski definition) is 4. The molecule has 0 saturated carbocycles. The van der Waals surface area contributed by atoms with Gasteiger partial charge in [-0.15, -0.1) is 11.3 Å². The van der Waals surface area contributed by atoms with Crippen molar-refractivity contribution in [3.63, 3.8) is 0 Å². The van der Waals surface area contributed by atoms with Crippen LogP contribution in [-0.4, -0.2) is 19.5 Å². The average Bonchev–Trinajstić information content (AvgIpc) is 3.40. The molecule has 0 aliphatic heterocycles. The van der Waals surface area contributed by atoms with Crippen LogP contribution in [0.5, 0.6) is 0 Å². The molecule has 0 saturated heterocycles. The van der Waals surface area contributed by atoms with Crippen molar-refractivity contribution in [3.05, 3.63) is 97.3 Å². The van der Waals surface area contributed by atoms with E-state index in [0.29, 0.717) is 5.82 Å². The molecule has 150 valence electrons. The number of benzene rings is 3. The molecule has 32 heavy (non-hydrogen) atoms. The van der Waals surface area contributed by atoms with Crippen molar-refractivity contribution in [2.75, 3.05) is 0 Å². The molecule has 4 heterocycles. The molecule has 0 N–H and O–H groups in total. The van der Waals surface area contributed by atoms with Gasteiger partial charge in [0.1, 0.15) is 5.82 Å². The van der Waals surface area contributed by atoms with Crippen molar-refractivity contribution in [1.29, 1.82) is 0 Å². The predicted molar refractivity (Wildman–Crippen MR) is 132 cm³/mol. The molecule has 0 atom stereocenters. The van der Waals surface area contributed by atoms with E-state index in [1.54, 1.807) is 0 Å². The van der Waals surface area contributed by atoms with E-state index in [2.05, 4.69) is 52.0 Å². The summed E-state index contributed by atoms with van der Waals surface area (Å²) in [6, 6.07) is 29.2. The van der Waals surface area contributed by atoms with Crippen molar-refractivity contribution in [3.8, 4) is 17.2 Å². The van der Waals surface area contributed by atoms with Crippen LogP contribution in [0, 0.1) is 0 Å². The predicted octanol–water partition coefficient (Wildman–Crippen LogP) is 7.00. The van der Waals surface area contributed by atoms with Gasteiger partial charge in [-0.1, -0.05) is 54.6 Å². The van der Waals surface area contributed by atoms with Crippen LogP contribution in [0.4, 0.5) is 0 Å². The van der Waals surface area contributed by atoms with Crippen LogP contribution >= 0.6 is 11.3 Å². The molecule has 0 aliphatic carbocycles. The first-order valence-electron chi connectivity index (χ1n) is 10.5. The summed E-state index contributed by atoms with van der Waals surface area (Å²) in [6.45, 7) is 0. The topological polar surface area (TPSA) is 43.6 Å². The molecule has 0 amide bonds. The number of thiophene rings is 1. The van der Waals surface area contributed by atoms with E-state index >= 15 is 0 Å². The Morgan fingerprint density at radius 1 is 0.656 bits per heavy atom. The highest BCUT2D eigenvalue weighted by molar-refractivity contribution is 7.26. The lowest BCUT2D eigenvalue weighted by atomic mass is 10.1. The monoisotopic (exact) mass is 428 g/mol. The first kappa shape index (κ1) is 17.6. The summed E-state index contributed by atoms with van der Waals surface area (Å²) in [5.41, 5.74) is 4.15. The minimum absolute atomic E-state index is 0.713. The zero-order chi connectivity index (χ0) is 21.1. The van der Waals surface area contributed by atoms with Crippen LogP contribution in [0.3, 0.4) is 0 Å². The van der Waals surface area contributed by atoms with Crippen molar-refractivity contribution < 1.29 is 0 Å². The van der Waals surface area contributed by atoms with E-state index in [9.17, 15) is 0 Å². The Morgan fingerprint density at radius 2 is 1.53 bits per heavy atom. The Balaban J connectivity index is 1.59. The van der Waals surface area contributed by atoms with Crippen molar-refractivity contribution in [2.45, 2.75) is 0 Å². The minimum atomic E-state index is 0.713. The van der Waals surface area contributed by atoms with Gasteiger partial charge in [-0.2, -0.15) is 0 Å². The Bertz CT molecular complexity index is 1780. The summed E-state index contributed by atoms with van der Waals surface area (Å²) in [7, 11) is 0. The summed E-state index contributed by atoms with van der Waals surface area (Å²) in [5, 5.41) is 3.74. The lowest BCUT2D eigenvalue weighted by Crippen LogP contribution is -2.00. The van der Waals surface area contributed by atoms with Crippen LogP contribution in [-0.2, 0) is 0 Å². The third kappa shape index (κ3) is 2.46. The van der Waals surface area contributed by atoms with E-state index in [1.165, 1.54) is 25.6 Å².